The lowest BCUT2D eigenvalue weighted by Gasteiger charge is -2.41. The average Bonchev–Trinajstić information content (AvgIpc) is 2.97. The van der Waals surface area contributed by atoms with Crippen molar-refractivity contribution < 1.29 is 59.5 Å². The van der Waals surface area contributed by atoms with E-state index in [1.54, 1.807) is 0 Å². The van der Waals surface area contributed by atoms with Crippen molar-refractivity contribution >= 4 is 22.8 Å². The molecule has 5 rings (SSSR count). The van der Waals surface area contributed by atoms with Crippen LogP contribution >= 0.6 is 0 Å². The van der Waals surface area contributed by atoms with Gasteiger partial charge in [-0.25, -0.2) is 0 Å². The lowest BCUT2D eigenvalue weighted by Crippen LogP contribution is -2.63. The number of aromatic hydroxyl groups is 4. The molecule has 3 aromatic carbocycles. The van der Waals surface area contributed by atoms with Crippen LogP contribution in [0.15, 0.2) is 76.0 Å². The number of ether oxygens (including phenoxy) is 2. The average molecular weight is 595 g/mol. The van der Waals surface area contributed by atoms with Crippen LogP contribution in [0.4, 0.5) is 0 Å². The van der Waals surface area contributed by atoms with Gasteiger partial charge in [0.05, 0.1) is 0 Å². The van der Waals surface area contributed by atoms with Crippen LogP contribution in [0.25, 0.3) is 28.4 Å². The topological polar surface area (TPSA) is 228 Å². The number of rotatable bonds is 7. The van der Waals surface area contributed by atoms with E-state index in [0.29, 0.717) is 5.56 Å². The maximum atomic E-state index is 13.6. The second-order valence-electron chi connectivity index (χ2n) is 9.81. The molecule has 0 spiro atoms. The van der Waals surface area contributed by atoms with Gasteiger partial charge in [0.2, 0.25) is 17.5 Å². The number of carbonyl (C=O) groups is 1. The van der Waals surface area contributed by atoms with E-state index in [1.807, 2.05) is 0 Å². The summed E-state index contributed by atoms with van der Waals surface area (Å²) in [5, 5.41) is 81.4. The van der Waals surface area contributed by atoms with Crippen molar-refractivity contribution in [2.75, 3.05) is 0 Å². The summed E-state index contributed by atoms with van der Waals surface area (Å²) in [6, 6.07) is 13.0. The smallest absolute Gasteiger partial charge is 0.239 e. The number of phenols is 4. The van der Waals surface area contributed by atoms with Gasteiger partial charge in [0.25, 0.3) is 0 Å². The molecule has 4 aromatic rings. The highest BCUT2D eigenvalue weighted by Crippen LogP contribution is 2.37. The third-order valence-corrected chi connectivity index (χ3v) is 6.82. The Morgan fingerprint density at radius 1 is 0.837 bits per heavy atom. The highest BCUT2D eigenvalue weighted by atomic mass is 16.7. The largest absolute Gasteiger partial charge is 0.508 e. The summed E-state index contributed by atoms with van der Waals surface area (Å²) in [7, 11) is 0. The van der Waals surface area contributed by atoms with Gasteiger partial charge in [0.1, 0.15) is 64.5 Å². The van der Waals surface area contributed by atoms with E-state index in [9.17, 15) is 50.4 Å². The van der Waals surface area contributed by atoms with E-state index in [2.05, 4.69) is 0 Å². The van der Waals surface area contributed by atoms with Gasteiger partial charge in [-0.2, -0.15) is 0 Å². The minimum absolute atomic E-state index is 0.00297. The number of ketones is 1. The zero-order valence-corrected chi connectivity index (χ0v) is 22.0. The Kier molecular flexibility index (Phi) is 8.08. The Morgan fingerprint density at radius 2 is 1.47 bits per heavy atom. The third-order valence-electron chi connectivity index (χ3n) is 6.82. The first-order valence-corrected chi connectivity index (χ1v) is 12.8. The number of aliphatic hydroxyl groups excluding tert-OH is 4. The van der Waals surface area contributed by atoms with Crippen molar-refractivity contribution in [3.8, 4) is 40.1 Å². The minimum Gasteiger partial charge on any atom is -0.508 e. The van der Waals surface area contributed by atoms with Crippen molar-refractivity contribution in [3.63, 3.8) is 0 Å². The Labute approximate surface area is 242 Å². The maximum absolute atomic E-state index is 13.6. The molecule has 0 saturated carbocycles. The van der Waals surface area contributed by atoms with Gasteiger partial charge in [-0.05, 0) is 48.0 Å². The van der Waals surface area contributed by atoms with E-state index < -0.39 is 70.7 Å². The van der Waals surface area contributed by atoms with E-state index >= 15 is 0 Å². The highest BCUT2D eigenvalue weighted by molar-refractivity contribution is 5.97. The van der Waals surface area contributed by atoms with E-state index in [4.69, 9.17) is 13.9 Å². The quantitative estimate of drug-likeness (QED) is 0.140. The molecule has 0 radical (unpaired) electrons. The van der Waals surface area contributed by atoms with Crippen molar-refractivity contribution in [2.45, 2.75) is 36.8 Å². The van der Waals surface area contributed by atoms with Crippen LogP contribution in [0.2, 0.25) is 0 Å². The molecule has 8 N–H and O–H groups in total. The first-order chi connectivity index (χ1) is 20.4. The molecule has 6 atom stereocenters. The van der Waals surface area contributed by atoms with Crippen LogP contribution in [0.3, 0.4) is 0 Å². The molecule has 2 heterocycles. The van der Waals surface area contributed by atoms with Crippen LogP contribution in [0.1, 0.15) is 5.56 Å². The molecule has 1 saturated heterocycles. The van der Waals surface area contributed by atoms with Crippen LogP contribution < -0.4 is 10.2 Å². The zero-order chi connectivity index (χ0) is 31.0. The van der Waals surface area contributed by atoms with Gasteiger partial charge < -0.3 is 54.7 Å². The molecule has 13 nitrogen and oxygen atoms in total. The fourth-order valence-electron chi connectivity index (χ4n) is 4.55. The standard InChI is InChI=1S/C30H26O13/c31-15-6-1-13(2-7-15)3-10-18(34)22(36)28-25(39)24(38)26(40)30(42-28)43-29-23(37)21-19(35)11-17(33)12-20(21)41-27(29)14-4-8-16(32)9-5-14/h1-12,22,24-26,28,30-33,35-36,38-40H/t22?,24-,25-,26+,28+,30-/m0/s1. The first-order valence-electron chi connectivity index (χ1n) is 12.8. The van der Waals surface area contributed by atoms with Crippen molar-refractivity contribution in [1.29, 1.82) is 0 Å². The number of hydrogen-bond acceptors (Lipinski definition) is 13. The summed E-state index contributed by atoms with van der Waals surface area (Å²) >= 11 is 0. The van der Waals surface area contributed by atoms with Gasteiger partial charge in [0.15, 0.2) is 11.5 Å². The van der Waals surface area contributed by atoms with Gasteiger partial charge in [-0.3, -0.25) is 9.59 Å². The summed E-state index contributed by atoms with van der Waals surface area (Å²) in [5.74, 6) is -3.06. The van der Waals surface area contributed by atoms with Gasteiger partial charge in [-0.15, -0.1) is 0 Å². The van der Waals surface area contributed by atoms with Crippen LogP contribution in [0, 0.1) is 0 Å². The summed E-state index contributed by atoms with van der Waals surface area (Å²) in [6.45, 7) is 0. The molecule has 43 heavy (non-hydrogen) atoms. The van der Waals surface area contributed by atoms with Crippen LogP contribution in [-0.2, 0) is 9.53 Å². The highest BCUT2D eigenvalue weighted by Gasteiger charge is 2.49. The third kappa shape index (κ3) is 5.88. The normalized spacial score (nSPS) is 22.9. The number of aliphatic hydroxyl groups is 4. The maximum Gasteiger partial charge on any atom is 0.239 e. The molecule has 0 aliphatic carbocycles. The number of phenolic OH excluding ortho intramolecular Hbond substituents is 4. The number of benzene rings is 3. The lowest BCUT2D eigenvalue weighted by atomic mass is 9.93. The Hall–Kier alpha value is -4.92. The molecular weight excluding hydrogens is 568 g/mol. The number of carbonyl (C=O) groups excluding carboxylic acids is 1. The van der Waals surface area contributed by atoms with E-state index in [1.165, 1.54) is 54.6 Å². The van der Waals surface area contributed by atoms with E-state index in [0.717, 1.165) is 18.2 Å². The molecule has 224 valence electrons. The lowest BCUT2D eigenvalue weighted by molar-refractivity contribution is -0.285. The second kappa shape index (κ2) is 11.8. The first kappa shape index (κ1) is 29.6. The molecule has 0 amide bonds. The Morgan fingerprint density at radius 3 is 2.12 bits per heavy atom. The summed E-state index contributed by atoms with van der Waals surface area (Å²) < 4.78 is 17.0. The van der Waals surface area contributed by atoms with E-state index in [-0.39, 0.29) is 28.4 Å². The van der Waals surface area contributed by atoms with Crippen molar-refractivity contribution in [2.24, 2.45) is 0 Å². The zero-order valence-electron chi connectivity index (χ0n) is 22.0. The van der Waals surface area contributed by atoms with Crippen LogP contribution in [0.5, 0.6) is 28.7 Å². The SMILES string of the molecule is O=C(C=Cc1ccc(O)cc1)C(O)[C@H]1O[C@@H](Oc2c(-c3ccc(O)cc3)oc3cc(O)cc(O)c3c2=O)[C@H](O)[C@@H](O)[C@@H]1O. The van der Waals surface area contributed by atoms with Crippen molar-refractivity contribution in [1.82, 2.24) is 0 Å². The molecule has 1 aromatic heterocycles. The summed E-state index contributed by atoms with van der Waals surface area (Å²) in [6.07, 6.45) is -9.52. The monoisotopic (exact) mass is 594 g/mol. The number of hydrogen-bond donors (Lipinski definition) is 8. The van der Waals surface area contributed by atoms with Gasteiger partial charge in [0, 0.05) is 17.7 Å². The Balaban J connectivity index is 1.50. The van der Waals surface area contributed by atoms with Crippen LogP contribution in [-0.4, -0.2) is 83.4 Å². The molecule has 1 fully saturated rings. The van der Waals surface area contributed by atoms with Gasteiger partial charge >= 0.3 is 0 Å². The fraction of sp³-hybridized carbons (Fsp3) is 0.200. The molecule has 1 aliphatic heterocycles. The molecular formula is C30H26O13. The molecule has 1 aliphatic rings. The molecule has 0 bridgehead atoms. The predicted octanol–water partition coefficient (Wildman–Crippen LogP) is 1.11. The fourth-order valence-corrected chi connectivity index (χ4v) is 4.55. The minimum atomic E-state index is -2.06. The van der Waals surface area contributed by atoms with Crippen molar-refractivity contribution in [3.05, 3.63) is 82.5 Å². The summed E-state index contributed by atoms with van der Waals surface area (Å²) in [5.41, 5.74) is -0.547. The molecule has 1 unspecified atom stereocenters. The summed E-state index contributed by atoms with van der Waals surface area (Å²) in [4.78, 5) is 26.3. The van der Waals surface area contributed by atoms with Gasteiger partial charge in [-0.1, -0.05) is 18.2 Å². The predicted molar refractivity (Wildman–Crippen MR) is 148 cm³/mol. The Bertz CT molecular complexity index is 1730. The number of fused-ring (bicyclic) bond motifs is 1. The molecule has 13 heteroatoms. The second-order valence-corrected chi connectivity index (χ2v) is 9.81.